The van der Waals surface area contributed by atoms with Gasteiger partial charge in [0.15, 0.2) is 5.82 Å². The molecule has 0 atom stereocenters. The van der Waals surface area contributed by atoms with Crippen LogP contribution in [0.25, 0.3) is 21.3 Å². The van der Waals surface area contributed by atoms with Gasteiger partial charge in [-0.05, 0) is 24.0 Å². The van der Waals surface area contributed by atoms with E-state index in [-0.39, 0.29) is 5.56 Å². The SMILES string of the molecule is Cc1nc2scc(-c3ccc(C(C)C)cc3)c2c(=O)n1NC=[N+](C)C. The van der Waals surface area contributed by atoms with Gasteiger partial charge in [-0.1, -0.05) is 38.1 Å². The van der Waals surface area contributed by atoms with Gasteiger partial charge in [0, 0.05) is 10.9 Å². The third-order valence-electron chi connectivity index (χ3n) is 4.11. The predicted octanol–water partition coefficient (Wildman–Crippen LogP) is 3.40. The van der Waals surface area contributed by atoms with E-state index in [9.17, 15) is 4.79 Å². The van der Waals surface area contributed by atoms with Crippen LogP contribution in [0, 0.1) is 6.92 Å². The lowest BCUT2D eigenvalue weighted by Crippen LogP contribution is -2.32. The minimum Gasteiger partial charge on any atom is -0.272 e. The Labute approximate surface area is 151 Å². The molecule has 2 aromatic heterocycles. The highest BCUT2D eigenvalue weighted by Gasteiger charge is 2.16. The van der Waals surface area contributed by atoms with E-state index in [1.54, 1.807) is 6.34 Å². The van der Waals surface area contributed by atoms with Gasteiger partial charge in [-0.2, -0.15) is 5.43 Å². The molecule has 0 amide bonds. The summed E-state index contributed by atoms with van der Waals surface area (Å²) in [5, 5.41) is 2.68. The topological polar surface area (TPSA) is 49.9 Å². The molecule has 1 aromatic carbocycles. The lowest BCUT2D eigenvalue weighted by Gasteiger charge is -2.07. The zero-order valence-electron chi connectivity index (χ0n) is 15.2. The van der Waals surface area contributed by atoms with Crippen molar-refractivity contribution in [3.05, 3.63) is 51.4 Å². The molecule has 0 aliphatic carbocycles. The van der Waals surface area contributed by atoms with Gasteiger partial charge in [-0.3, -0.25) is 9.37 Å². The molecule has 0 bridgehead atoms. The normalized spacial score (nSPS) is 11.1. The van der Waals surface area contributed by atoms with Gasteiger partial charge in [0.25, 0.3) is 11.9 Å². The number of rotatable bonds is 4. The molecule has 0 saturated heterocycles. The fraction of sp³-hybridized carbons (Fsp3) is 0.316. The Bertz CT molecular complexity index is 993. The van der Waals surface area contributed by atoms with Crippen LogP contribution < -0.4 is 11.0 Å². The summed E-state index contributed by atoms with van der Waals surface area (Å²) in [5.41, 5.74) is 6.20. The lowest BCUT2D eigenvalue weighted by atomic mass is 9.99. The van der Waals surface area contributed by atoms with Gasteiger partial charge in [0.1, 0.15) is 4.83 Å². The van der Waals surface area contributed by atoms with Gasteiger partial charge >= 0.3 is 0 Å². The van der Waals surface area contributed by atoms with Gasteiger partial charge in [0.2, 0.25) is 0 Å². The maximum Gasteiger partial charge on any atom is 0.298 e. The molecule has 0 fully saturated rings. The highest BCUT2D eigenvalue weighted by molar-refractivity contribution is 7.17. The Kier molecular flexibility index (Phi) is 4.72. The van der Waals surface area contributed by atoms with E-state index < -0.39 is 0 Å². The van der Waals surface area contributed by atoms with Crippen LogP contribution in [0.2, 0.25) is 0 Å². The zero-order chi connectivity index (χ0) is 18.1. The van der Waals surface area contributed by atoms with E-state index in [4.69, 9.17) is 0 Å². The van der Waals surface area contributed by atoms with Crippen LogP contribution >= 0.6 is 11.3 Å². The van der Waals surface area contributed by atoms with E-state index in [1.165, 1.54) is 21.6 Å². The van der Waals surface area contributed by atoms with Gasteiger partial charge in [0.05, 0.1) is 19.5 Å². The standard InChI is InChI=1S/C19H22N4OS/c1-12(2)14-6-8-15(9-7-14)16-10-25-18-17(16)19(24)23(13(3)21-18)20-11-22(4)5/h6-12H,1-5H3/p+1. The third kappa shape index (κ3) is 3.35. The van der Waals surface area contributed by atoms with Crippen LogP contribution in [0.3, 0.4) is 0 Å². The molecular formula is C19H23N4OS+. The second kappa shape index (κ2) is 6.80. The van der Waals surface area contributed by atoms with Crippen LogP contribution in [0.5, 0.6) is 0 Å². The maximum atomic E-state index is 13.0. The molecule has 3 aromatic rings. The number of aromatic nitrogens is 2. The number of benzene rings is 1. The van der Waals surface area contributed by atoms with E-state index in [2.05, 4.69) is 48.5 Å². The van der Waals surface area contributed by atoms with Crippen LogP contribution in [-0.2, 0) is 0 Å². The predicted molar refractivity (Wildman–Crippen MR) is 106 cm³/mol. The number of fused-ring (bicyclic) bond motifs is 1. The van der Waals surface area contributed by atoms with Gasteiger partial charge in [-0.25, -0.2) is 4.98 Å². The molecule has 2 heterocycles. The molecule has 0 saturated carbocycles. The molecule has 0 spiro atoms. The summed E-state index contributed by atoms with van der Waals surface area (Å²) >= 11 is 1.51. The van der Waals surface area contributed by atoms with Crippen molar-refractivity contribution in [3.8, 4) is 11.1 Å². The summed E-state index contributed by atoms with van der Waals surface area (Å²) in [5.74, 6) is 1.12. The molecule has 0 radical (unpaired) electrons. The Balaban J connectivity index is 2.15. The number of nitrogens with one attached hydrogen (secondary N) is 1. The number of nitrogens with zero attached hydrogens (tertiary/aromatic N) is 3. The first-order chi connectivity index (χ1) is 11.9. The Hall–Kier alpha value is -2.47. The van der Waals surface area contributed by atoms with Crippen LogP contribution in [-0.4, -0.2) is 34.7 Å². The minimum atomic E-state index is -0.0789. The van der Waals surface area contributed by atoms with E-state index in [1.807, 2.05) is 31.0 Å². The van der Waals surface area contributed by atoms with Crippen LogP contribution in [0.1, 0.15) is 31.2 Å². The fourth-order valence-electron chi connectivity index (χ4n) is 2.68. The monoisotopic (exact) mass is 355 g/mol. The quantitative estimate of drug-likeness (QED) is 0.443. The smallest absolute Gasteiger partial charge is 0.272 e. The average Bonchev–Trinajstić information content (AvgIpc) is 2.98. The van der Waals surface area contributed by atoms with Crippen molar-refractivity contribution in [3.63, 3.8) is 0 Å². The summed E-state index contributed by atoms with van der Waals surface area (Å²) in [7, 11) is 3.79. The summed E-state index contributed by atoms with van der Waals surface area (Å²) < 4.78 is 3.33. The van der Waals surface area contributed by atoms with Crippen molar-refractivity contribution in [1.29, 1.82) is 0 Å². The maximum absolute atomic E-state index is 13.0. The Morgan fingerprint density at radius 3 is 2.52 bits per heavy atom. The highest BCUT2D eigenvalue weighted by atomic mass is 32.1. The van der Waals surface area contributed by atoms with Crippen molar-refractivity contribution in [2.24, 2.45) is 0 Å². The molecule has 0 unspecified atom stereocenters. The van der Waals surface area contributed by atoms with Gasteiger partial charge in [-0.15, -0.1) is 16.0 Å². The van der Waals surface area contributed by atoms with Crippen molar-refractivity contribution < 1.29 is 4.58 Å². The summed E-state index contributed by atoms with van der Waals surface area (Å²) in [4.78, 5) is 18.4. The highest BCUT2D eigenvalue weighted by Crippen LogP contribution is 2.31. The van der Waals surface area contributed by atoms with Gasteiger partial charge < -0.3 is 0 Å². The first-order valence-corrected chi connectivity index (χ1v) is 9.14. The largest absolute Gasteiger partial charge is 0.298 e. The molecule has 6 heteroatoms. The Morgan fingerprint density at radius 1 is 1.24 bits per heavy atom. The minimum absolute atomic E-state index is 0.0789. The summed E-state index contributed by atoms with van der Waals surface area (Å²) in [6.45, 7) is 6.18. The van der Waals surface area contributed by atoms with E-state index in [0.717, 1.165) is 16.0 Å². The number of hydrogen-bond acceptors (Lipinski definition) is 3. The molecule has 3 rings (SSSR count). The van der Waals surface area contributed by atoms with E-state index >= 15 is 0 Å². The number of thiophene rings is 1. The first kappa shape index (κ1) is 17.4. The summed E-state index contributed by atoms with van der Waals surface area (Å²) in [6.07, 6.45) is 1.73. The first-order valence-electron chi connectivity index (χ1n) is 8.26. The molecule has 5 nitrogen and oxygen atoms in total. The van der Waals surface area contributed by atoms with Crippen molar-refractivity contribution in [2.75, 3.05) is 19.5 Å². The lowest BCUT2D eigenvalue weighted by molar-refractivity contribution is -0.459. The zero-order valence-corrected chi connectivity index (χ0v) is 16.0. The molecule has 0 aliphatic rings. The molecule has 25 heavy (non-hydrogen) atoms. The van der Waals surface area contributed by atoms with E-state index in [0.29, 0.717) is 17.1 Å². The molecule has 0 aliphatic heterocycles. The van der Waals surface area contributed by atoms with Crippen molar-refractivity contribution in [1.82, 2.24) is 9.66 Å². The van der Waals surface area contributed by atoms with Crippen LogP contribution in [0.15, 0.2) is 34.4 Å². The van der Waals surface area contributed by atoms with Crippen molar-refractivity contribution >= 4 is 27.9 Å². The number of aryl methyl sites for hydroxylation is 1. The molecular weight excluding hydrogens is 332 g/mol. The number of hydrogen-bond donors (Lipinski definition) is 1. The second-order valence-electron chi connectivity index (χ2n) is 6.63. The Morgan fingerprint density at radius 2 is 1.92 bits per heavy atom. The third-order valence-corrected chi connectivity index (χ3v) is 4.98. The van der Waals surface area contributed by atoms with Crippen molar-refractivity contribution in [2.45, 2.75) is 26.7 Å². The average molecular weight is 355 g/mol. The fourth-order valence-corrected chi connectivity index (χ4v) is 3.66. The molecule has 1 N–H and O–H groups in total. The van der Waals surface area contributed by atoms with Crippen LogP contribution in [0.4, 0.5) is 0 Å². The molecule has 130 valence electrons. The summed E-state index contributed by atoms with van der Waals surface area (Å²) in [6, 6.07) is 8.42. The second-order valence-corrected chi connectivity index (χ2v) is 7.49.